The van der Waals surface area contributed by atoms with Gasteiger partial charge in [0.1, 0.15) is 0 Å². The molecule has 1 atom stereocenters. The van der Waals surface area contributed by atoms with E-state index in [0.29, 0.717) is 39.1 Å². The van der Waals surface area contributed by atoms with Gasteiger partial charge in [-0.1, -0.05) is 30.3 Å². The van der Waals surface area contributed by atoms with Crippen molar-refractivity contribution in [1.29, 1.82) is 0 Å². The molecule has 2 N–H and O–H groups in total. The molecular weight excluding hydrogens is 452 g/mol. The van der Waals surface area contributed by atoms with Crippen molar-refractivity contribution in [3.63, 3.8) is 0 Å². The molecule has 1 saturated heterocycles. The number of hydrogen-bond donors (Lipinski definition) is 2. The zero-order chi connectivity index (χ0) is 23.9. The Balaban J connectivity index is 1.53. The maximum Gasteiger partial charge on any atom is 0.409 e. The van der Waals surface area contributed by atoms with Gasteiger partial charge in [0.05, 0.1) is 12.3 Å². The number of piperidine rings is 1. The van der Waals surface area contributed by atoms with E-state index < -0.39 is 11.3 Å². The van der Waals surface area contributed by atoms with Crippen molar-refractivity contribution < 1.29 is 18.3 Å². The van der Waals surface area contributed by atoms with Gasteiger partial charge >= 0.3 is 6.09 Å². The molecule has 3 aromatic rings. The van der Waals surface area contributed by atoms with Crippen molar-refractivity contribution in [1.82, 2.24) is 15.2 Å². The molecule has 1 unspecified atom stereocenters. The lowest BCUT2D eigenvalue weighted by atomic mass is 10.00. The highest BCUT2D eigenvalue weighted by molar-refractivity contribution is 7.80. The van der Waals surface area contributed by atoms with Gasteiger partial charge in [-0.2, -0.15) is 0 Å². The summed E-state index contributed by atoms with van der Waals surface area (Å²) < 4.78 is 29.4. The van der Waals surface area contributed by atoms with E-state index in [-0.39, 0.29) is 12.1 Å². The molecule has 34 heavy (non-hydrogen) atoms. The van der Waals surface area contributed by atoms with Crippen LogP contribution in [0.4, 0.5) is 10.5 Å². The van der Waals surface area contributed by atoms with Crippen molar-refractivity contribution >= 4 is 33.8 Å². The molecular formula is C25H30N4O4S. The topological polar surface area (TPSA) is 95.0 Å². The predicted octanol–water partition coefficient (Wildman–Crippen LogP) is 4.09. The van der Waals surface area contributed by atoms with Gasteiger partial charge in [0.2, 0.25) is 0 Å². The molecule has 8 nitrogen and oxygen atoms in total. The van der Waals surface area contributed by atoms with Gasteiger partial charge in [-0.25, -0.2) is 9.00 Å². The van der Waals surface area contributed by atoms with Crippen LogP contribution in [-0.4, -0.2) is 50.5 Å². The van der Waals surface area contributed by atoms with Crippen LogP contribution in [0.1, 0.15) is 30.9 Å². The second-order valence-corrected chi connectivity index (χ2v) is 9.08. The Hall–Kier alpha value is -3.01. The fourth-order valence-electron chi connectivity index (χ4n) is 4.44. The van der Waals surface area contributed by atoms with Crippen molar-refractivity contribution in [2.24, 2.45) is 0 Å². The summed E-state index contributed by atoms with van der Waals surface area (Å²) in [7, 11) is 0. The number of nitrogens with zero attached hydrogens (tertiary/aromatic N) is 3. The molecule has 1 aliphatic rings. The Labute approximate surface area is 202 Å². The number of pyridine rings is 1. The number of hydrogen-bond acceptors (Lipinski definition) is 5. The number of likely N-dealkylation sites (tertiary alicyclic amines) is 1. The van der Waals surface area contributed by atoms with Crippen molar-refractivity contribution in [3.05, 3.63) is 72.1 Å². The predicted molar refractivity (Wildman–Crippen MR) is 134 cm³/mol. The standard InChI is InChI=1S/C25H30N4O4S/c1-2-33-25(30)28-15-11-21(12-16-28)29(34(31)32)24-8-7-20(22-5-3-4-6-23(22)24)18-27-17-19-9-13-26-14-10-19/h3-10,13-14,21,27H,2,11-12,15-18H2,1H3,(H,31,32). The average molecular weight is 483 g/mol. The third-order valence-corrected chi connectivity index (χ3v) is 6.94. The minimum Gasteiger partial charge on any atom is -0.450 e. The highest BCUT2D eigenvalue weighted by Crippen LogP contribution is 2.34. The van der Waals surface area contributed by atoms with E-state index in [1.165, 1.54) is 0 Å². The number of ether oxygens (including phenoxy) is 1. The van der Waals surface area contributed by atoms with Gasteiger partial charge in [0, 0.05) is 50.0 Å². The van der Waals surface area contributed by atoms with Crippen molar-refractivity contribution in [2.75, 3.05) is 24.0 Å². The molecule has 0 bridgehead atoms. The van der Waals surface area contributed by atoms with Gasteiger partial charge in [-0.15, -0.1) is 0 Å². The highest BCUT2D eigenvalue weighted by atomic mass is 32.2. The van der Waals surface area contributed by atoms with Gasteiger partial charge in [0.25, 0.3) is 11.3 Å². The summed E-state index contributed by atoms with van der Waals surface area (Å²) in [5.74, 6) is 0. The molecule has 1 aliphatic heterocycles. The number of amides is 1. The summed E-state index contributed by atoms with van der Waals surface area (Å²) in [5, 5.41) is 5.45. The number of nitrogens with one attached hydrogen (secondary N) is 1. The average Bonchev–Trinajstić information content (AvgIpc) is 2.86. The minimum atomic E-state index is -2.19. The Bertz CT molecular complexity index is 1140. The fraction of sp³-hybridized carbons (Fsp3) is 0.360. The lowest BCUT2D eigenvalue weighted by molar-refractivity contribution is 0.0976. The van der Waals surface area contributed by atoms with Gasteiger partial charge < -0.3 is 15.0 Å². The maximum atomic E-state index is 12.5. The number of anilines is 1. The molecule has 4 rings (SSSR count). The van der Waals surface area contributed by atoms with Crippen LogP contribution in [0.5, 0.6) is 0 Å². The first-order valence-corrected chi connectivity index (χ1v) is 12.6. The van der Waals surface area contributed by atoms with E-state index in [2.05, 4.69) is 10.3 Å². The van der Waals surface area contributed by atoms with Crippen molar-refractivity contribution in [2.45, 2.75) is 38.9 Å². The zero-order valence-corrected chi connectivity index (χ0v) is 20.0. The van der Waals surface area contributed by atoms with Crippen LogP contribution in [0.15, 0.2) is 60.9 Å². The molecule has 1 amide bonds. The largest absolute Gasteiger partial charge is 0.450 e. The van der Waals surface area contributed by atoms with Crippen LogP contribution in [0.3, 0.4) is 0 Å². The van der Waals surface area contributed by atoms with E-state index >= 15 is 0 Å². The van der Waals surface area contributed by atoms with Crippen LogP contribution in [0.2, 0.25) is 0 Å². The first-order chi connectivity index (χ1) is 16.6. The molecule has 1 aromatic heterocycles. The second kappa shape index (κ2) is 11.4. The lowest BCUT2D eigenvalue weighted by Gasteiger charge is -2.37. The summed E-state index contributed by atoms with van der Waals surface area (Å²) in [6.45, 7) is 4.50. The number of carbonyl (C=O) groups is 1. The van der Waals surface area contributed by atoms with E-state index in [1.807, 2.05) is 48.5 Å². The van der Waals surface area contributed by atoms with Crippen molar-refractivity contribution in [3.8, 4) is 0 Å². The third kappa shape index (κ3) is 5.55. The first-order valence-electron chi connectivity index (χ1n) is 11.5. The number of carbonyl (C=O) groups excluding carboxylic acids is 1. The normalized spacial score (nSPS) is 15.3. The second-order valence-electron chi connectivity index (χ2n) is 8.22. The van der Waals surface area contributed by atoms with Crippen LogP contribution < -0.4 is 9.62 Å². The van der Waals surface area contributed by atoms with E-state index in [1.54, 1.807) is 28.5 Å². The van der Waals surface area contributed by atoms with E-state index in [0.717, 1.165) is 34.1 Å². The van der Waals surface area contributed by atoms with Crippen LogP contribution in [0.25, 0.3) is 10.8 Å². The maximum absolute atomic E-state index is 12.5. The minimum absolute atomic E-state index is 0.157. The smallest absolute Gasteiger partial charge is 0.409 e. The fourth-order valence-corrected chi connectivity index (χ4v) is 5.23. The quantitative estimate of drug-likeness (QED) is 0.470. The first kappa shape index (κ1) is 24.1. The molecule has 2 heterocycles. The molecule has 180 valence electrons. The molecule has 0 radical (unpaired) electrons. The molecule has 0 spiro atoms. The number of fused-ring (bicyclic) bond motifs is 1. The summed E-state index contributed by atoms with van der Waals surface area (Å²) in [4.78, 5) is 17.7. The number of aromatic nitrogens is 1. The lowest BCUT2D eigenvalue weighted by Crippen LogP contribution is -2.47. The molecule has 0 saturated carbocycles. The summed E-state index contributed by atoms with van der Waals surface area (Å²) in [6.07, 6.45) is 4.42. The van der Waals surface area contributed by atoms with Crippen LogP contribution in [-0.2, 0) is 29.1 Å². The summed E-state index contributed by atoms with van der Waals surface area (Å²) in [5.41, 5.74) is 3.00. The number of rotatable bonds is 8. The van der Waals surface area contributed by atoms with E-state index in [9.17, 15) is 13.6 Å². The van der Waals surface area contributed by atoms with Crippen LogP contribution >= 0.6 is 0 Å². The van der Waals surface area contributed by atoms with Gasteiger partial charge in [0.15, 0.2) is 0 Å². The third-order valence-electron chi connectivity index (χ3n) is 6.11. The Morgan fingerprint density at radius 2 is 1.82 bits per heavy atom. The van der Waals surface area contributed by atoms with Gasteiger partial charge in [-0.3, -0.25) is 13.8 Å². The SMILES string of the molecule is CCOC(=O)N1CCC(N(c2ccc(CNCc3ccncc3)c3ccccc23)S(=O)O)CC1. The Morgan fingerprint density at radius 3 is 2.50 bits per heavy atom. The molecule has 0 aliphatic carbocycles. The summed E-state index contributed by atoms with van der Waals surface area (Å²) >= 11 is -2.19. The summed E-state index contributed by atoms with van der Waals surface area (Å²) in [6, 6.07) is 15.7. The van der Waals surface area contributed by atoms with E-state index in [4.69, 9.17) is 4.74 Å². The Kier molecular flexibility index (Phi) is 8.10. The molecule has 1 fully saturated rings. The Morgan fingerprint density at radius 1 is 1.12 bits per heavy atom. The van der Waals surface area contributed by atoms with Crippen LogP contribution in [0, 0.1) is 0 Å². The zero-order valence-electron chi connectivity index (χ0n) is 19.2. The highest BCUT2D eigenvalue weighted by Gasteiger charge is 2.31. The monoisotopic (exact) mass is 482 g/mol. The molecule has 9 heteroatoms. The number of benzene rings is 2. The van der Waals surface area contributed by atoms with Gasteiger partial charge in [-0.05, 0) is 54.5 Å². The molecule has 2 aromatic carbocycles.